The monoisotopic (exact) mass is 403 g/mol. The van der Waals surface area contributed by atoms with Gasteiger partial charge in [-0.25, -0.2) is 0 Å². The van der Waals surface area contributed by atoms with Gasteiger partial charge in [0.2, 0.25) is 5.91 Å². The summed E-state index contributed by atoms with van der Waals surface area (Å²) in [5, 5.41) is 15.2. The van der Waals surface area contributed by atoms with Crippen molar-refractivity contribution in [3.63, 3.8) is 0 Å². The highest BCUT2D eigenvalue weighted by Gasteiger charge is 2.14. The van der Waals surface area contributed by atoms with E-state index in [0.29, 0.717) is 18.0 Å². The first kappa shape index (κ1) is 19.4. The van der Waals surface area contributed by atoms with Gasteiger partial charge in [-0.15, -0.1) is 22.7 Å². The van der Waals surface area contributed by atoms with Crippen molar-refractivity contribution < 1.29 is 19.4 Å². The average molecular weight is 404 g/mol. The SMILES string of the molecule is COc1ccc(CC(=O)NCc2ccc(C(O)c3cccs3)s2)cc1OC. The number of aliphatic hydroxyl groups excluding tert-OH is 1. The lowest BCUT2D eigenvalue weighted by Crippen LogP contribution is -2.24. The predicted octanol–water partition coefficient (Wildman–Crippen LogP) is 3.77. The Morgan fingerprint density at radius 2 is 1.93 bits per heavy atom. The Hall–Kier alpha value is -2.35. The standard InChI is InChI=1S/C20H21NO4S2/c1-24-15-7-5-13(10-16(15)25-2)11-19(22)21-12-14-6-8-18(27-14)20(23)17-4-3-9-26-17/h3-10,20,23H,11-12H2,1-2H3,(H,21,22). The molecule has 1 amide bonds. The van der Waals surface area contributed by atoms with Crippen molar-refractivity contribution in [1.29, 1.82) is 0 Å². The van der Waals surface area contributed by atoms with Crippen molar-refractivity contribution in [2.24, 2.45) is 0 Å². The second-order valence-corrected chi connectivity index (χ2v) is 8.04. The molecule has 1 atom stereocenters. The van der Waals surface area contributed by atoms with Crippen LogP contribution in [0.25, 0.3) is 0 Å². The zero-order valence-corrected chi connectivity index (χ0v) is 16.7. The number of nitrogens with one attached hydrogen (secondary N) is 1. The maximum Gasteiger partial charge on any atom is 0.224 e. The van der Waals surface area contributed by atoms with Crippen molar-refractivity contribution in [2.75, 3.05) is 14.2 Å². The number of hydrogen-bond donors (Lipinski definition) is 2. The molecule has 2 heterocycles. The van der Waals surface area contributed by atoms with Crippen LogP contribution in [0.3, 0.4) is 0 Å². The Kier molecular flexibility index (Phi) is 6.49. The Bertz CT molecular complexity index is 889. The van der Waals surface area contributed by atoms with E-state index in [9.17, 15) is 9.90 Å². The minimum atomic E-state index is -0.605. The molecule has 1 aromatic carbocycles. The summed E-state index contributed by atoms with van der Waals surface area (Å²) in [7, 11) is 3.15. The number of rotatable bonds is 8. The average Bonchev–Trinajstić information content (AvgIpc) is 3.37. The second kappa shape index (κ2) is 9.03. The number of thiophene rings is 2. The molecule has 2 N–H and O–H groups in total. The highest BCUT2D eigenvalue weighted by atomic mass is 32.1. The molecule has 2 aromatic heterocycles. The second-order valence-electron chi connectivity index (χ2n) is 5.86. The predicted molar refractivity (Wildman–Crippen MR) is 108 cm³/mol. The molecule has 7 heteroatoms. The maximum absolute atomic E-state index is 12.2. The number of carbonyl (C=O) groups excluding carboxylic acids is 1. The van der Waals surface area contributed by atoms with Crippen LogP contribution in [-0.4, -0.2) is 25.2 Å². The van der Waals surface area contributed by atoms with E-state index >= 15 is 0 Å². The Morgan fingerprint density at radius 1 is 1.11 bits per heavy atom. The molecule has 0 aliphatic carbocycles. The van der Waals surface area contributed by atoms with E-state index < -0.39 is 6.10 Å². The van der Waals surface area contributed by atoms with Crippen molar-refractivity contribution in [1.82, 2.24) is 5.32 Å². The Balaban J connectivity index is 1.55. The summed E-state index contributed by atoms with van der Waals surface area (Å²) in [4.78, 5) is 15.0. The summed E-state index contributed by atoms with van der Waals surface area (Å²) in [5.41, 5.74) is 0.852. The molecular weight excluding hydrogens is 382 g/mol. The van der Waals surface area contributed by atoms with Gasteiger partial charge in [0.25, 0.3) is 0 Å². The Labute approximate surface area is 166 Å². The lowest BCUT2D eigenvalue weighted by molar-refractivity contribution is -0.120. The number of benzene rings is 1. The van der Waals surface area contributed by atoms with E-state index in [0.717, 1.165) is 20.2 Å². The molecule has 3 rings (SSSR count). The van der Waals surface area contributed by atoms with Gasteiger partial charge in [-0.1, -0.05) is 12.1 Å². The van der Waals surface area contributed by atoms with E-state index in [-0.39, 0.29) is 12.3 Å². The molecule has 0 aliphatic rings. The molecule has 27 heavy (non-hydrogen) atoms. The molecule has 0 saturated carbocycles. The van der Waals surface area contributed by atoms with Crippen LogP contribution in [-0.2, 0) is 17.8 Å². The molecule has 3 aromatic rings. The van der Waals surface area contributed by atoms with Crippen LogP contribution in [0.5, 0.6) is 11.5 Å². The van der Waals surface area contributed by atoms with E-state index in [1.807, 2.05) is 35.7 Å². The highest BCUT2D eigenvalue weighted by molar-refractivity contribution is 7.12. The number of hydrogen-bond acceptors (Lipinski definition) is 6. The third-order valence-electron chi connectivity index (χ3n) is 4.04. The first-order valence-electron chi connectivity index (χ1n) is 8.38. The summed E-state index contributed by atoms with van der Waals surface area (Å²) < 4.78 is 10.5. The van der Waals surface area contributed by atoms with Crippen LogP contribution >= 0.6 is 22.7 Å². The summed E-state index contributed by atoms with van der Waals surface area (Å²) in [6, 6.07) is 13.1. The molecule has 0 fully saturated rings. The number of methoxy groups -OCH3 is 2. The van der Waals surface area contributed by atoms with Gasteiger partial charge in [-0.3, -0.25) is 4.79 Å². The largest absolute Gasteiger partial charge is 0.493 e. The van der Waals surface area contributed by atoms with Gasteiger partial charge in [0.1, 0.15) is 6.10 Å². The van der Waals surface area contributed by atoms with Gasteiger partial charge >= 0.3 is 0 Å². The minimum Gasteiger partial charge on any atom is -0.493 e. The normalized spacial score (nSPS) is 11.8. The smallest absolute Gasteiger partial charge is 0.224 e. The Morgan fingerprint density at radius 3 is 2.63 bits per heavy atom. The first-order valence-corrected chi connectivity index (χ1v) is 10.1. The summed E-state index contributed by atoms with van der Waals surface area (Å²) >= 11 is 3.03. The molecule has 0 bridgehead atoms. The minimum absolute atomic E-state index is 0.0732. The summed E-state index contributed by atoms with van der Waals surface area (Å²) in [6.07, 6.45) is -0.345. The van der Waals surface area contributed by atoms with Gasteiger partial charge in [0, 0.05) is 14.6 Å². The van der Waals surface area contributed by atoms with Crippen LogP contribution in [0.15, 0.2) is 47.8 Å². The van der Waals surface area contributed by atoms with Gasteiger partial charge in [-0.05, 0) is 41.3 Å². The van der Waals surface area contributed by atoms with Crippen LogP contribution in [0.4, 0.5) is 0 Å². The van der Waals surface area contributed by atoms with E-state index in [4.69, 9.17) is 9.47 Å². The van der Waals surface area contributed by atoms with Crippen LogP contribution in [0.2, 0.25) is 0 Å². The molecule has 0 aliphatic heterocycles. The van der Waals surface area contributed by atoms with Crippen LogP contribution < -0.4 is 14.8 Å². The fourth-order valence-corrected chi connectivity index (χ4v) is 4.41. The van der Waals surface area contributed by atoms with Gasteiger partial charge < -0.3 is 19.9 Å². The van der Waals surface area contributed by atoms with Crippen molar-refractivity contribution >= 4 is 28.6 Å². The van der Waals surface area contributed by atoms with Crippen molar-refractivity contribution in [3.05, 3.63) is 68.0 Å². The molecule has 0 spiro atoms. The summed E-state index contributed by atoms with van der Waals surface area (Å²) in [5.74, 6) is 1.17. The van der Waals surface area contributed by atoms with E-state index in [1.54, 1.807) is 26.4 Å². The van der Waals surface area contributed by atoms with Crippen LogP contribution in [0.1, 0.15) is 26.3 Å². The van der Waals surface area contributed by atoms with Crippen LogP contribution in [0, 0.1) is 0 Å². The molecule has 0 radical (unpaired) electrons. The fraction of sp³-hybridized carbons (Fsp3) is 0.250. The maximum atomic E-state index is 12.2. The third-order valence-corrected chi connectivity index (χ3v) is 6.10. The zero-order chi connectivity index (χ0) is 19.2. The number of amides is 1. The van der Waals surface area contributed by atoms with E-state index in [2.05, 4.69) is 5.32 Å². The number of ether oxygens (including phenoxy) is 2. The zero-order valence-electron chi connectivity index (χ0n) is 15.1. The number of carbonyl (C=O) groups is 1. The highest BCUT2D eigenvalue weighted by Crippen LogP contribution is 2.31. The quantitative estimate of drug-likeness (QED) is 0.601. The lowest BCUT2D eigenvalue weighted by atomic mass is 10.1. The number of aliphatic hydroxyl groups is 1. The van der Waals surface area contributed by atoms with Gasteiger partial charge in [0.15, 0.2) is 11.5 Å². The molecule has 0 saturated heterocycles. The topological polar surface area (TPSA) is 67.8 Å². The molecule has 5 nitrogen and oxygen atoms in total. The molecule has 142 valence electrons. The van der Waals surface area contributed by atoms with Crippen molar-refractivity contribution in [3.8, 4) is 11.5 Å². The van der Waals surface area contributed by atoms with Gasteiger partial charge in [-0.2, -0.15) is 0 Å². The fourth-order valence-electron chi connectivity index (χ4n) is 2.65. The van der Waals surface area contributed by atoms with Gasteiger partial charge in [0.05, 0.1) is 27.2 Å². The summed E-state index contributed by atoms with van der Waals surface area (Å²) in [6.45, 7) is 0.438. The van der Waals surface area contributed by atoms with Crippen molar-refractivity contribution in [2.45, 2.75) is 19.1 Å². The molecular formula is C20H21NO4S2. The third kappa shape index (κ3) is 4.88. The first-order chi connectivity index (χ1) is 13.1. The van der Waals surface area contributed by atoms with E-state index in [1.165, 1.54) is 22.7 Å². The lowest BCUT2D eigenvalue weighted by Gasteiger charge is -2.09. The molecule has 1 unspecified atom stereocenters.